The Labute approximate surface area is 91.2 Å². The number of aliphatic hydroxyl groups excluding tert-OH is 1. The first kappa shape index (κ1) is 11.9. The summed E-state index contributed by atoms with van der Waals surface area (Å²) in [7, 11) is 1.71. The number of nitrogens with zero attached hydrogens (tertiary/aromatic N) is 1. The van der Waals surface area contributed by atoms with Gasteiger partial charge in [0.15, 0.2) is 5.96 Å². The van der Waals surface area contributed by atoms with Gasteiger partial charge in [-0.1, -0.05) is 12.3 Å². The number of hydrogen-bond acceptors (Lipinski definition) is 2. The Kier molecular flexibility index (Phi) is 4.99. The van der Waals surface area contributed by atoms with Crippen molar-refractivity contribution in [3.8, 4) is 12.3 Å². The molecule has 2 unspecified atom stereocenters. The number of aliphatic imine (C=N–C) groups is 1. The van der Waals surface area contributed by atoms with Crippen molar-refractivity contribution in [1.29, 1.82) is 0 Å². The third kappa shape index (κ3) is 3.80. The van der Waals surface area contributed by atoms with Crippen molar-refractivity contribution < 1.29 is 5.11 Å². The van der Waals surface area contributed by atoms with Gasteiger partial charge >= 0.3 is 0 Å². The molecular formula is C11H19N3O. The van der Waals surface area contributed by atoms with Crippen LogP contribution in [0.4, 0.5) is 0 Å². The van der Waals surface area contributed by atoms with Crippen molar-refractivity contribution in [1.82, 2.24) is 10.6 Å². The van der Waals surface area contributed by atoms with E-state index in [4.69, 9.17) is 6.42 Å². The number of guanidine groups is 1. The van der Waals surface area contributed by atoms with Gasteiger partial charge in [-0.25, -0.2) is 0 Å². The first-order valence-electron chi connectivity index (χ1n) is 5.34. The molecule has 0 aliphatic heterocycles. The number of hydrogen-bond donors (Lipinski definition) is 3. The molecule has 0 aromatic heterocycles. The molecular weight excluding hydrogens is 190 g/mol. The van der Waals surface area contributed by atoms with Crippen molar-refractivity contribution >= 4 is 5.96 Å². The second-order valence-corrected chi connectivity index (χ2v) is 3.77. The summed E-state index contributed by atoms with van der Waals surface area (Å²) < 4.78 is 0. The molecule has 1 aliphatic carbocycles. The molecule has 1 rings (SSSR count). The van der Waals surface area contributed by atoms with Gasteiger partial charge in [-0.2, -0.15) is 0 Å². The molecule has 4 nitrogen and oxygen atoms in total. The van der Waals surface area contributed by atoms with Crippen LogP contribution in [0.15, 0.2) is 4.99 Å². The van der Waals surface area contributed by atoms with E-state index in [1.165, 1.54) is 0 Å². The zero-order valence-corrected chi connectivity index (χ0v) is 9.16. The Balaban J connectivity index is 2.25. The third-order valence-corrected chi connectivity index (χ3v) is 2.73. The molecule has 2 atom stereocenters. The first-order chi connectivity index (χ1) is 7.27. The molecule has 3 N–H and O–H groups in total. The van der Waals surface area contributed by atoms with Crippen LogP contribution in [0.5, 0.6) is 0 Å². The van der Waals surface area contributed by atoms with Crippen molar-refractivity contribution in [2.24, 2.45) is 10.9 Å². The zero-order chi connectivity index (χ0) is 11.1. The fourth-order valence-electron chi connectivity index (χ4n) is 1.84. The zero-order valence-electron chi connectivity index (χ0n) is 9.16. The summed E-state index contributed by atoms with van der Waals surface area (Å²) >= 11 is 0. The lowest BCUT2D eigenvalue weighted by Crippen LogP contribution is -2.41. The number of rotatable bonds is 3. The summed E-state index contributed by atoms with van der Waals surface area (Å²) in [6.07, 6.45) is 8.09. The van der Waals surface area contributed by atoms with E-state index in [0.29, 0.717) is 18.4 Å². The Hall–Kier alpha value is -1.21. The van der Waals surface area contributed by atoms with Gasteiger partial charge in [0.05, 0.1) is 12.6 Å². The minimum atomic E-state index is -0.164. The molecule has 1 aliphatic rings. The maximum Gasteiger partial charge on any atom is 0.191 e. The normalized spacial score (nSPS) is 26.1. The van der Waals surface area contributed by atoms with Gasteiger partial charge < -0.3 is 15.7 Å². The summed E-state index contributed by atoms with van der Waals surface area (Å²) in [6.45, 7) is 1.22. The summed E-state index contributed by atoms with van der Waals surface area (Å²) in [5.41, 5.74) is 0. The molecule has 0 aromatic rings. The molecule has 0 spiro atoms. The van der Waals surface area contributed by atoms with Gasteiger partial charge in [-0.3, -0.25) is 4.99 Å². The van der Waals surface area contributed by atoms with Crippen LogP contribution in [-0.4, -0.2) is 37.3 Å². The lowest BCUT2D eigenvalue weighted by atomic mass is 10.1. The van der Waals surface area contributed by atoms with Crippen LogP contribution < -0.4 is 10.6 Å². The van der Waals surface area contributed by atoms with E-state index in [0.717, 1.165) is 25.8 Å². The number of nitrogens with one attached hydrogen (secondary N) is 2. The van der Waals surface area contributed by atoms with Crippen LogP contribution in [0, 0.1) is 18.3 Å². The van der Waals surface area contributed by atoms with E-state index in [-0.39, 0.29) is 6.10 Å². The predicted octanol–water partition coefficient (Wildman–Crippen LogP) is -0.0544. The highest BCUT2D eigenvalue weighted by molar-refractivity contribution is 5.79. The quantitative estimate of drug-likeness (QED) is 0.347. The molecule has 0 heterocycles. The Morgan fingerprint density at radius 3 is 2.87 bits per heavy atom. The Morgan fingerprint density at radius 1 is 1.53 bits per heavy atom. The van der Waals surface area contributed by atoms with Gasteiger partial charge in [0.1, 0.15) is 0 Å². The van der Waals surface area contributed by atoms with Crippen LogP contribution in [0.1, 0.15) is 19.3 Å². The topological polar surface area (TPSA) is 56.7 Å². The number of terminal acetylenes is 1. The summed E-state index contributed by atoms with van der Waals surface area (Å²) in [4.78, 5) is 4.03. The largest absolute Gasteiger partial charge is 0.393 e. The van der Waals surface area contributed by atoms with Crippen molar-refractivity contribution in [2.45, 2.75) is 25.4 Å². The molecule has 0 aromatic carbocycles. The van der Waals surface area contributed by atoms with Crippen LogP contribution in [-0.2, 0) is 0 Å². The standard InChI is InChI=1S/C11H19N3O/c1-3-7-13-11(12-2)14-8-9-5-4-6-10(9)15/h1,9-10,15H,4-8H2,2H3,(H2,12,13,14). The number of aliphatic hydroxyl groups is 1. The smallest absolute Gasteiger partial charge is 0.191 e. The maximum atomic E-state index is 9.62. The molecule has 1 saturated carbocycles. The Morgan fingerprint density at radius 2 is 2.33 bits per heavy atom. The predicted molar refractivity (Wildman–Crippen MR) is 61.5 cm³/mol. The van der Waals surface area contributed by atoms with E-state index in [1.54, 1.807) is 7.05 Å². The fraction of sp³-hybridized carbons (Fsp3) is 0.727. The van der Waals surface area contributed by atoms with Crippen LogP contribution >= 0.6 is 0 Å². The summed E-state index contributed by atoms with van der Waals surface area (Å²) in [6, 6.07) is 0. The van der Waals surface area contributed by atoms with E-state index in [2.05, 4.69) is 21.5 Å². The van der Waals surface area contributed by atoms with Crippen molar-refractivity contribution in [3.63, 3.8) is 0 Å². The second kappa shape index (κ2) is 6.31. The fourth-order valence-corrected chi connectivity index (χ4v) is 1.84. The highest BCUT2D eigenvalue weighted by Gasteiger charge is 2.24. The van der Waals surface area contributed by atoms with Crippen LogP contribution in [0.3, 0.4) is 0 Å². The minimum Gasteiger partial charge on any atom is -0.393 e. The van der Waals surface area contributed by atoms with Gasteiger partial charge in [0.25, 0.3) is 0 Å². The molecule has 4 heteroatoms. The lowest BCUT2D eigenvalue weighted by molar-refractivity contribution is 0.134. The van der Waals surface area contributed by atoms with Gasteiger partial charge in [-0.15, -0.1) is 6.42 Å². The highest BCUT2D eigenvalue weighted by Crippen LogP contribution is 2.24. The van der Waals surface area contributed by atoms with Gasteiger partial charge in [0, 0.05) is 19.5 Å². The molecule has 0 amide bonds. The minimum absolute atomic E-state index is 0.164. The SMILES string of the molecule is C#CCNC(=NC)NCC1CCCC1O. The lowest BCUT2D eigenvalue weighted by Gasteiger charge is -2.17. The van der Waals surface area contributed by atoms with Crippen molar-refractivity contribution in [3.05, 3.63) is 0 Å². The molecule has 84 valence electrons. The van der Waals surface area contributed by atoms with Crippen molar-refractivity contribution in [2.75, 3.05) is 20.1 Å². The van der Waals surface area contributed by atoms with Crippen LogP contribution in [0.2, 0.25) is 0 Å². The molecule has 15 heavy (non-hydrogen) atoms. The Bertz CT molecular complexity index is 257. The van der Waals surface area contributed by atoms with Gasteiger partial charge in [-0.05, 0) is 12.8 Å². The molecule has 0 bridgehead atoms. The average Bonchev–Trinajstić information content (AvgIpc) is 2.65. The summed E-state index contributed by atoms with van der Waals surface area (Å²) in [5.74, 6) is 3.53. The first-order valence-corrected chi connectivity index (χ1v) is 5.34. The van der Waals surface area contributed by atoms with E-state index in [9.17, 15) is 5.11 Å². The third-order valence-electron chi connectivity index (χ3n) is 2.73. The monoisotopic (exact) mass is 209 g/mol. The molecule has 1 fully saturated rings. The van der Waals surface area contributed by atoms with Crippen LogP contribution in [0.25, 0.3) is 0 Å². The summed E-state index contributed by atoms with van der Waals surface area (Å²) in [5, 5.41) is 15.8. The molecule has 0 radical (unpaired) electrons. The highest BCUT2D eigenvalue weighted by atomic mass is 16.3. The second-order valence-electron chi connectivity index (χ2n) is 3.77. The molecule has 0 saturated heterocycles. The van der Waals surface area contributed by atoms with E-state index >= 15 is 0 Å². The van der Waals surface area contributed by atoms with E-state index in [1.807, 2.05) is 0 Å². The van der Waals surface area contributed by atoms with Gasteiger partial charge in [0.2, 0.25) is 0 Å². The average molecular weight is 209 g/mol. The maximum absolute atomic E-state index is 9.62. The van der Waals surface area contributed by atoms with E-state index < -0.39 is 0 Å².